The van der Waals surface area contributed by atoms with E-state index in [0.29, 0.717) is 19.7 Å². The van der Waals surface area contributed by atoms with Crippen LogP contribution >= 0.6 is 0 Å². The Hall–Kier alpha value is -1.20. The predicted octanol–water partition coefficient (Wildman–Crippen LogP) is -0.000800. The predicted molar refractivity (Wildman–Crippen MR) is 57.8 cm³/mol. The maximum Gasteiger partial charge on any atom is 0.266 e. The Morgan fingerprint density at radius 3 is 3.00 bits per heavy atom. The Morgan fingerprint density at radius 1 is 1.53 bits per heavy atom. The fourth-order valence-electron chi connectivity index (χ4n) is 1.20. The number of methoxy groups -OCH3 is 1. The second kappa shape index (κ2) is 6.31. The van der Waals surface area contributed by atoms with E-state index in [9.17, 15) is 4.79 Å². The van der Waals surface area contributed by atoms with Crippen molar-refractivity contribution in [1.82, 2.24) is 15.1 Å². The summed E-state index contributed by atoms with van der Waals surface area (Å²) in [7, 11) is 1.66. The van der Waals surface area contributed by atoms with Crippen molar-refractivity contribution < 1.29 is 4.74 Å². The Balaban J connectivity index is 2.51. The first-order valence-electron chi connectivity index (χ1n) is 5.04. The molecule has 1 heterocycles. The molecular weight excluding hydrogens is 194 g/mol. The van der Waals surface area contributed by atoms with E-state index in [-0.39, 0.29) is 5.56 Å². The lowest BCUT2D eigenvalue weighted by Gasteiger charge is -2.05. The van der Waals surface area contributed by atoms with Gasteiger partial charge in [0.1, 0.15) is 0 Å². The van der Waals surface area contributed by atoms with E-state index in [1.165, 1.54) is 4.68 Å². The third-order valence-electron chi connectivity index (χ3n) is 2.01. The third-order valence-corrected chi connectivity index (χ3v) is 2.01. The molecule has 1 aromatic rings. The van der Waals surface area contributed by atoms with Gasteiger partial charge in [0.25, 0.3) is 5.56 Å². The van der Waals surface area contributed by atoms with Crippen LogP contribution in [0.4, 0.5) is 0 Å². The van der Waals surface area contributed by atoms with Gasteiger partial charge in [0, 0.05) is 32.8 Å². The van der Waals surface area contributed by atoms with Gasteiger partial charge in [0.05, 0.1) is 12.3 Å². The normalized spacial score (nSPS) is 10.5. The molecule has 0 aliphatic rings. The second-order valence-corrected chi connectivity index (χ2v) is 3.15. The van der Waals surface area contributed by atoms with Crippen molar-refractivity contribution in [3.63, 3.8) is 0 Å². The molecule has 0 amide bonds. The van der Waals surface area contributed by atoms with Crippen molar-refractivity contribution in [1.29, 1.82) is 0 Å². The zero-order valence-electron chi connectivity index (χ0n) is 9.19. The molecule has 0 aromatic carbocycles. The topological polar surface area (TPSA) is 56.1 Å². The molecule has 1 aromatic heterocycles. The van der Waals surface area contributed by atoms with Gasteiger partial charge >= 0.3 is 0 Å². The monoisotopic (exact) mass is 211 g/mol. The molecule has 84 valence electrons. The first-order chi connectivity index (χ1) is 7.27. The Bertz CT molecular complexity index is 349. The first kappa shape index (κ1) is 11.9. The molecule has 0 saturated heterocycles. The number of hydrogen-bond acceptors (Lipinski definition) is 4. The van der Waals surface area contributed by atoms with Crippen LogP contribution in [0.1, 0.15) is 12.6 Å². The lowest BCUT2D eigenvalue weighted by molar-refractivity contribution is 0.199. The second-order valence-electron chi connectivity index (χ2n) is 3.15. The van der Waals surface area contributed by atoms with Crippen molar-refractivity contribution in [2.75, 3.05) is 20.3 Å². The van der Waals surface area contributed by atoms with Crippen LogP contribution in [-0.2, 0) is 17.8 Å². The van der Waals surface area contributed by atoms with E-state index < -0.39 is 0 Å². The first-order valence-corrected chi connectivity index (χ1v) is 5.04. The van der Waals surface area contributed by atoms with Gasteiger partial charge in [-0.05, 0) is 13.0 Å². The minimum absolute atomic E-state index is 0.0573. The van der Waals surface area contributed by atoms with Gasteiger partial charge in [0.2, 0.25) is 0 Å². The summed E-state index contributed by atoms with van der Waals surface area (Å²) in [5, 5.41) is 7.36. The van der Waals surface area contributed by atoms with Crippen molar-refractivity contribution in [2.45, 2.75) is 20.0 Å². The van der Waals surface area contributed by atoms with Crippen LogP contribution in [0.25, 0.3) is 0 Å². The maximum atomic E-state index is 11.2. The largest absolute Gasteiger partial charge is 0.383 e. The van der Waals surface area contributed by atoms with Crippen molar-refractivity contribution >= 4 is 0 Å². The SMILES string of the molecule is CCn1nc(CNCCOC)ccc1=O. The molecular formula is C10H17N3O2. The van der Waals surface area contributed by atoms with E-state index in [2.05, 4.69) is 10.4 Å². The van der Waals surface area contributed by atoms with Gasteiger partial charge in [-0.3, -0.25) is 4.79 Å². The van der Waals surface area contributed by atoms with Gasteiger partial charge in [0.15, 0.2) is 0 Å². The Morgan fingerprint density at radius 2 is 2.33 bits per heavy atom. The van der Waals surface area contributed by atoms with E-state index in [1.54, 1.807) is 19.2 Å². The smallest absolute Gasteiger partial charge is 0.266 e. The molecule has 0 aliphatic carbocycles. The zero-order valence-corrected chi connectivity index (χ0v) is 9.19. The number of aryl methyl sites for hydroxylation is 1. The highest BCUT2D eigenvalue weighted by atomic mass is 16.5. The van der Waals surface area contributed by atoms with E-state index in [4.69, 9.17) is 4.74 Å². The molecule has 5 nitrogen and oxygen atoms in total. The summed E-state index contributed by atoms with van der Waals surface area (Å²) in [6.07, 6.45) is 0. The van der Waals surface area contributed by atoms with Gasteiger partial charge in [-0.25, -0.2) is 4.68 Å². The van der Waals surface area contributed by atoms with Gasteiger partial charge in [-0.15, -0.1) is 0 Å². The minimum atomic E-state index is -0.0573. The standard InChI is InChI=1S/C10H17N3O2/c1-3-13-10(14)5-4-9(12-13)8-11-6-7-15-2/h4-5,11H,3,6-8H2,1-2H3. The number of nitrogens with one attached hydrogen (secondary N) is 1. The molecule has 1 N–H and O–H groups in total. The van der Waals surface area contributed by atoms with Gasteiger partial charge in [-0.2, -0.15) is 5.10 Å². The third kappa shape index (κ3) is 3.81. The zero-order chi connectivity index (χ0) is 11.1. The summed E-state index contributed by atoms with van der Waals surface area (Å²) < 4.78 is 6.36. The summed E-state index contributed by atoms with van der Waals surface area (Å²) in [4.78, 5) is 11.2. The van der Waals surface area contributed by atoms with Crippen LogP contribution in [-0.4, -0.2) is 30.0 Å². The number of rotatable bonds is 6. The van der Waals surface area contributed by atoms with Crippen LogP contribution < -0.4 is 10.9 Å². The fourth-order valence-corrected chi connectivity index (χ4v) is 1.20. The van der Waals surface area contributed by atoms with Crippen LogP contribution in [0, 0.1) is 0 Å². The number of ether oxygens (including phenoxy) is 1. The number of hydrogen-bond donors (Lipinski definition) is 1. The van der Waals surface area contributed by atoms with Crippen molar-refractivity contribution in [3.8, 4) is 0 Å². The Labute approximate surface area is 89.1 Å². The van der Waals surface area contributed by atoms with Gasteiger partial charge < -0.3 is 10.1 Å². The summed E-state index contributed by atoms with van der Waals surface area (Å²) >= 11 is 0. The quantitative estimate of drug-likeness (QED) is 0.673. The Kier molecular flexibility index (Phi) is 5.00. The molecule has 0 radical (unpaired) electrons. The highest BCUT2D eigenvalue weighted by Gasteiger charge is 1.98. The van der Waals surface area contributed by atoms with Crippen LogP contribution in [0.5, 0.6) is 0 Å². The van der Waals surface area contributed by atoms with Crippen molar-refractivity contribution in [2.24, 2.45) is 0 Å². The van der Waals surface area contributed by atoms with E-state index in [0.717, 1.165) is 12.2 Å². The summed E-state index contributed by atoms with van der Waals surface area (Å²) in [5.41, 5.74) is 0.811. The molecule has 15 heavy (non-hydrogen) atoms. The highest BCUT2D eigenvalue weighted by Crippen LogP contribution is 1.89. The molecule has 0 unspecified atom stereocenters. The maximum absolute atomic E-state index is 11.2. The summed E-state index contributed by atoms with van der Waals surface area (Å²) in [5.74, 6) is 0. The minimum Gasteiger partial charge on any atom is -0.383 e. The van der Waals surface area contributed by atoms with Crippen LogP contribution in [0.3, 0.4) is 0 Å². The van der Waals surface area contributed by atoms with E-state index in [1.807, 2.05) is 6.92 Å². The lowest BCUT2D eigenvalue weighted by atomic mass is 10.4. The van der Waals surface area contributed by atoms with Crippen LogP contribution in [0.2, 0.25) is 0 Å². The molecule has 0 spiro atoms. The molecule has 1 rings (SSSR count). The van der Waals surface area contributed by atoms with Crippen molar-refractivity contribution in [3.05, 3.63) is 28.2 Å². The lowest BCUT2D eigenvalue weighted by Crippen LogP contribution is -2.25. The van der Waals surface area contributed by atoms with Gasteiger partial charge in [-0.1, -0.05) is 0 Å². The molecule has 0 aliphatic heterocycles. The number of aromatic nitrogens is 2. The fraction of sp³-hybridized carbons (Fsp3) is 0.600. The van der Waals surface area contributed by atoms with Crippen LogP contribution in [0.15, 0.2) is 16.9 Å². The molecule has 5 heteroatoms. The molecule has 0 saturated carbocycles. The molecule has 0 atom stereocenters. The average Bonchev–Trinajstić information content (AvgIpc) is 2.26. The summed E-state index contributed by atoms with van der Waals surface area (Å²) in [6, 6.07) is 3.29. The average molecular weight is 211 g/mol. The highest BCUT2D eigenvalue weighted by molar-refractivity contribution is 4.99. The number of nitrogens with zero attached hydrogens (tertiary/aromatic N) is 2. The molecule has 0 bridgehead atoms. The van der Waals surface area contributed by atoms with E-state index >= 15 is 0 Å². The molecule has 0 fully saturated rings. The summed E-state index contributed by atoms with van der Waals surface area (Å²) in [6.45, 7) is 4.61.